The highest BCUT2D eigenvalue weighted by atomic mass is 16.5. The summed E-state index contributed by atoms with van der Waals surface area (Å²) in [4.78, 5) is 0. The number of nitrogens with zero attached hydrogens (tertiary/aromatic N) is 1. The molecule has 0 spiro atoms. The van der Waals surface area contributed by atoms with Crippen LogP contribution in [-0.2, 0) is 0 Å². The summed E-state index contributed by atoms with van der Waals surface area (Å²) in [5.41, 5.74) is 2.24. The van der Waals surface area contributed by atoms with Crippen LogP contribution in [-0.4, -0.2) is 18.8 Å². The third kappa shape index (κ3) is 2.83. The minimum absolute atomic E-state index is 0.0217. The maximum Gasteiger partial charge on any atom is 0.136 e. The van der Waals surface area contributed by atoms with Crippen LogP contribution in [0, 0.1) is 11.3 Å². The molecule has 0 atom stereocenters. The molecule has 0 aliphatic rings. The Labute approximate surface area is 89.2 Å². The quantitative estimate of drug-likeness (QED) is 0.817. The molecule has 0 saturated carbocycles. The highest BCUT2D eigenvalue weighted by molar-refractivity contribution is 5.58. The van der Waals surface area contributed by atoms with Crippen molar-refractivity contribution in [3.8, 4) is 11.8 Å². The fourth-order valence-corrected chi connectivity index (χ4v) is 1.23. The summed E-state index contributed by atoms with van der Waals surface area (Å²) in [6.45, 7) is 1.85. The summed E-state index contributed by atoms with van der Waals surface area (Å²) in [5.74, 6) is 0.566. The molecule has 1 aromatic rings. The standard InChI is InChI=1S/C12H13NO2/c1-9(8-14)5-10-3-4-12(15-2)11(6-10)7-13/h3-6,14H,8H2,1-2H3. The van der Waals surface area contributed by atoms with Crippen LogP contribution in [0.5, 0.6) is 5.75 Å². The lowest BCUT2D eigenvalue weighted by Crippen LogP contribution is -1.89. The van der Waals surface area contributed by atoms with Crippen molar-refractivity contribution < 1.29 is 9.84 Å². The first kappa shape index (κ1) is 11.3. The maximum absolute atomic E-state index is 8.87. The summed E-state index contributed by atoms with van der Waals surface area (Å²) in [5, 5.41) is 17.7. The molecule has 0 fully saturated rings. The molecule has 15 heavy (non-hydrogen) atoms. The second-order valence-corrected chi connectivity index (χ2v) is 3.22. The molecule has 0 aromatic heterocycles. The van der Waals surface area contributed by atoms with Crippen LogP contribution >= 0.6 is 0 Å². The summed E-state index contributed by atoms with van der Waals surface area (Å²) >= 11 is 0. The van der Waals surface area contributed by atoms with Crippen LogP contribution in [0.1, 0.15) is 18.1 Å². The second kappa shape index (κ2) is 5.18. The molecular weight excluding hydrogens is 190 g/mol. The van der Waals surface area contributed by atoms with Crippen molar-refractivity contribution in [1.29, 1.82) is 5.26 Å². The Morgan fingerprint density at radius 1 is 1.60 bits per heavy atom. The van der Waals surface area contributed by atoms with Crippen molar-refractivity contribution in [1.82, 2.24) is 0 Å². The van der Waals surface area contributed by atoms with Gasteiger partial charge in [-0.1, -0.05) is 12.1 Å². The van der Waals surface area contributed by atoms with E-state index in [1.54, 1.807) is 12.1 Å². The van der Waals surface area contributed by atoms with Gasteiger partial charge in [0.05, 0.1) is 19.3 Å². The lowest BCUT2D eigenvalue weighted by molar-refractivity contribution is 0.332. The van der Waals surface area contributed by atoms with Gasteiger partial charge in [-0.3, -0.25) is 0 Å². The van der Waals surface area contributed by atoms with E-state index >= 15 is 0 Å². The van der Waals surface area contributed by atoms with E-state index in [2.05, 4.69) is 6.07 Å². The van der Waals surface area contributed by atoms with E-state index in [0.717, 1.165) is 11.1 Å². The van der Waals surface area contributed by atoms with Gasteiger partial charge >= 0.3 is 0 Å². The van der Waals surface area contributed by atoms with Crippen LogP contribution in [0.2, 0.25) is 0 Å². The highest BCUT2D eigenvalue weighted by Crippen LogP contribution is 2.20. The largest absolute Gasteiger partial charge is 0.495 e. The topological polar surface area (TPSA) is 53.2 Å². The van der Waals surface area contributed by atoms with Crippen molar-refractivity contribution in [2.75, 3.05) is 13.7 Å². The first-order valence-corrected chi connectivity index (χ1v) is 4.57. The number of aliphatic hydroxyl groups is 1. The average Bonchev–Trinajstić information content (AvgIpc) is 2.28. The zero-order valence-corrected chi connectivity index (χ0v) is 8.82. The fourth-order valence-electron chi connectivity index (χ4n) is 1.23. The number of ether oxygens (including phenoxy) is 1. The molecule has 1 rings (SSSR count). The SMILES string of the molecule is COc1ccc(C=C(C)CO)cc1C#N. The van der Waals surface area contributed by atoms with E-state index in [0.29, 0.717) is 11.3 Å². The molecule has 1 N–H and O–H groups in total. The number of hydrogen-bond acceptors (Lipinski definition) is 3. The number of hydrogen-bond donors (Lipinski definition) is 1. The third-order valence-electron chi connectivity index (χ3n) is 2.01. The van der Waals surface area contributed by atoms with Crippen molar-refractivity contribution in [2.24, 2.45) is 0 Å². The normalized spacial score (nSPS) is 10.9. The Kier molecular flexibility index (Phi) is 3.90. The van der Waals surface area contributed by atoms with Crippen molar-refractivity contribution in [3.05, 3.63) is 34.9 Å². The van der Waals surface area contributed by atoms with Crippen LogP contribution in [0.3, 0.4) is 0 Å². The predicted octanol–water partition coefficient (Wildman–Crippen LogP) is 1.96. The third-order valence-corrected chi connectivity index (χ3v) is 2.01. The van der Waals surface area contributed by atoms with E-state index in [1.807, 2.05) is 19.1 Å². The highest BCUT2D eigenvalue weighted by Gasteiger charge is 2.02. The zero-order chi connectivity index (χ0) is 11.3. The summed E-state index contributed by atoms with van der Waals surface area (Å²) < 4.78 is 5.03. The molecule has 1 aromatic carbocycles. The summed E-state index contributed by atoms with van der Waals surface area (Å²) in [6.07, 6.45) is 1.83. The molecule has 0 aliphatic carbocycles. The molecular formula is C12H13NO2. The monoisotopic (exact) mass is 203 g/mol. The van der Waals surface area contributed by atoms with E-state index in [-0.39, 0.29) is 6.61 Å². The molecule has 3 heteroatoms. The minimum Gasteiger partial charge on any atom is -0.495 e. The first-order valence-electron chi connectivity index (χ1n) is 4.57. The Morgan fingerprint density at radius 2 is 2.33 bits per heavy atom. The molecule has 0 amide bonds. The first-order chi connectivity index (χ1) is 7.21. The summed E-state index contributed by atoms with van der Waals surface area (Å²) in [7, 11) is 1.53. The lowest BCUT2D eigenvalue weighted by atomic mass is 10.1. The van der Waals surface area contributed by atoms with Gasteiger partial charge in [0.25, 0.3) is 0 Å². The van der Waals surface area contributed by atoms with E-state index in [4.69, 9.17) is 15.1 Å². The van der Waals surface area contributed by atoms with Crippen molar-refractivity contribution >= 4 is 6.08 Å². The molecule has 78 valence electrons. The van der Waals surface area contributed by atoms with Gasteiger partial charge in [0.15, 0.2) is 0 Å². The van der Waals surface area contributed by atoms with Gasteiger partial charge in [0.2, 0.25) is 0 Å². The number of aliphatic hydroxyl groups excluding tert-OH is 1. The van der Waals surface area contributed by atoms with Crippen molar-refractivity contribution in [2.45, 2.75) is 6.92 Å². The van der Waals surface area contributed by atoms with Crippen LogP contribution in [0.4, 0.5) is 0 Å². The predicted molar refractivity (Wildman–Crippen MR) is 58.4 cm³/mol. The fraction of sp³-hybridized carbons (Fsp3) is 0.250. The number of methoxy groups -OCH3 is 1. The zero-order valence-electron chi connectivity index (χ0n) is 8.82. The van der Waals surface area contributed by atoms with Gasteiger partial charge in [-0.15, -0.1) is 0 Å². The Morgan fingerprint density at radius 3 is 2.87 bits per heavy atom. The molecule has 0 saturated heterocycles. The molecule has 0 aliphatic heterocycles. The minimum atomic E-state index is 0.0217. The molecule has 3 nitrogen and oxygen atoms in total. The van der Waals surface area contributed by atoms with Crippen LogP contribution in [0.25, 0.3) is 6.08 Å². The van der Waals surface area contributed by atoms with Crippen LogP contribution in [0.15, 0.2) is 23.8 Å². The Hall–Kier alpha value is -1.79. The maximum atomic E-state index is 8.87. The Balaban J connectivity index is 3.10. The number of nitriles is 1. The van der Waals surface area contributed by atoms with Crippen molar-refractivity contribution in [3.63, 3.8) is 0 Å². The smallest absolute Gasteiger partial charge is 0.136 e. The average molecular weight is 203 g/mol. The molecule has 0 radical (unpaired) electrons. The van der Waals surface area contributed by atoms with Gasteiger partial charge in [-0.25, -0.2) is 0 Å². The van der Waals surface area contributed by atoms with E-state index < -0.39 is 0 Å². The van der Waals surface area contributed by atoms with Gasteiger partial charge in [-0.05, 0) is 30.2 Å². The van der Waals surface area contributed by atoms with Crippen LogP contribution < -0.4 is 4.74 Å². The van der Waals surface area contributed by atoms with Gasteiger partial charge in [0, 0.05) is 0 Å². The Bertz CT molecular complexity index is 416. The molecule has 0 heterocycles. The second-order valence-electron chi connectivity index (χ2n) is 3.22. The summed E-state index contributed by atoms with van der Waals surface area (Å²) in [6, 6.07) is 7.39. The number of rotatable bonds is 3. The van der Waals surface area contributed by atoms with E-state index in [9.17, 15) is 0 Å². The number of benzene rings is 1. The molecule has 0 unspecified atom stereocenters. The van der Waals surface area contributed by atoms with Gasteiger partial charge < -0.3 is 9.84 Å². The van der Waals surface area contributed by atoms with Gasteiger partial charge in [-0.2, -0.15) is 5.26 Å². The van der Waals surface area contributed by atoms with Gasteiger partial charge in [0.1, 0.15) is 11.8 Å². The van der Waals surface area contributed by atoms with E-state index in [1.165, 1.54) is 7.11 Å². The molecule has 0 bridgehead atoms. The lowest BCUT2D eigenvalue weighted by Gasteiger charge is -2.03.